The molecule has 0 aliphatic rings. The van der Waals surface area contributed by atoms with Crippen LogP contribution in [0, 0.1) is 0 Å². The standard InChI is InChI=1S/C13H15N3O4/c1-4-16-12(11(13(17)18)14-15-16)8-5-9(19-2)7-10(6-8)20-3/h5-7H,4H2,1-3H3,(H,17,18). The van der Waals surface area contributed by atoms with E-state index >= 15 is 0 Å². The molecule has 0 radical (unpaired) electrons. The summed E-state index contributed by atoms with van der Waals surface area (Å²) in [4.78, 5) is 11.3. The lowest BCUT2D eigenvalue weighted by molar-refractivity contribution is 0.0691. The van der Waals surface area contributed by atoms with Gasteiger partial charge in [-0.15, -0.1) is 5.10 Å². The summed E-state index contributed by atoms with van der Waals surface area (Å²) in [6.07, 6.45) is 0. The fraction of sp³-hybridized carbons (Fsp3) is 0.308. The first kappa shape index (κ1) is 13.9. The summed E-state index contributed by atoms with van der Waals surface area (Å²) < 4.78 is 11.9. The van der Waals surface area contributed by atoms with Gasteiger partial charge in [-0.05, 0) is 19.1 Å². The summed E-state index contributed by atoms with van der Waals surface area (Å²) >= 11 is 0. The minimum absolute atomic E-state index is 0.0952. The zero-order valence-corrected chi connectivity index (χ0v) is 11.5. The third-order valence-corrected chi connectivity index (χ3v) is 2.86. The summed E-state index contributed by atoms with van der Waals surface area (Å²) in [6.45, 7) is 2.37. The summed E-state index contributed by atoms with van der Waals surface area (Å²) in [5, 5.41) is 16.8. The molecule has 1 heterocycles. The summed E-state index contributed by atoms with van der Waals surface area (Å²) in [5.74, 6) is 0.0144. The number of hydrogen-bond acceptors (Lipinski definition) is 5. The summed E-state index contributed by atoms with van der Waals surface area (Å²) in [6, 6.07) is 5.16. The maximum absolute atomic E-state index is 11.3. The topological polar surface area (TPSA) is 86.5 Å². The van der Waals surface area contributed by atoms with Gasteiger partial charge in [0.05, 0.1) is 14.2 Å². The van der Waals surface area contributed by atoms with Crippen LogP contribution >= 0.6 is 0 Å². The second-order valence-corrected chi connectivity index (χ2v) is 4.01. The number of ether oxygens (including phenoxy) is 2. The molecule has 1 aromatic heterocycles. The Morgan fingerprint density at radius 1 is 1.25 bits per heavy atom. The number of hydrogen-bond donors (Lipinski definition) is 1. The van der Waals surface area contributed by atoms with Gasteiger partial charge in [0.25, 0.3) is 0 Å². The zero-order chi connectivity index (χ0) is 14.7. The smallest absolute Gasteiger partial charge is 0.358 e. The number of aryl methyl sites for hydroxylation is 1. The molecule has 1 aromatic carbocycles. The van der Waals surface area contributed by atoms with E-state index < -0.39 is 5.97 Å². The van der Waals surface area contributed by atoms with E-state index in [4.69, 9.17) is 9.47 Å². The SMILES string of the molecule is CCn1nnc(C(=O)O)c1-c1cc(OC)cc(OC)c1. The van der Waals surface area contributed by atoms with Crippen molar-refractivity contribution < 1.29 is 19.4 Å². The Labute approximate surface area is 115 Å². The average Bonchev–Trinajstić information content (AvgIpc) is 2.90. The van der Waals surface area contributed by atoms with Crippen molar-refractivity contribution in [2.45, 2.75) is 13.5 Å². The molecule has 0 amide bonds. The van der Waals surface area contributed by atoms with Gasteiger partial charge in [0, 0.05) is 18.2 Å². The molecule has 1 N–H and O–H groups in total. The van der Waals surface area contributed by atoms with E-state index in [1.165, 1.54) is 18.9 Å². The lowest BCUT2D eigenvalue weighted by Gasteiger charge is -2.09. The maximum Gasteiger partial charge on any atom is 0.358 e. The van der Waals surface area contributed by atoms with Crippen molar-refractivity contribution >= 4 is 5.97 Å². The summed E-state index contributed by atoms with van der Waals surface area (Å²) in [7, 11) is 3.07. The van der Waals surface area contributed by atoms with Crippen LogP contribution in [-0.2, 0) is 6.54 Å². The van der Waals surface area contributed by atoms with Crippen molar-refractivity contribution in [3.63, 3.8) is 0 Å². The molecule has 0 saturated heterocycles. The van der Waals surface area contributed by atoms with Gasteiger partial charge in [-0.3, -0.25) is 0 Å². The van der Waals surface area contributed by atoms with Gasteiger partial charge >= 0.3 is 5.97 Å². The number of benzene rings is 1. The van der Waals surface area contributed by atoms with Gasteiger partial charge in [0.2, 0.25) is 0 Å². The molecule has 2 rings (SSSR count). The van der Waals surface area contributed by atoms with E-state index in [0.29, 0.717) is 29.3 Å². The Morgan fingerprint density at radius 2 is 1.85 bits per heavy atom. The third kappa shape index (κ3) is 2.42. The number of carbonyl (C=O) groups is 1. The highest BCUT2D eigenvalue weighted by molar-refractivity contribution is 5.92. The predicted molar refractivity (Wildman–Crippen MR) is 71.2 cm³/mol. The number of carboxylic acid groups (broad SMARTS) is 1. The number of nitrogens with zero attached hydrogens (tertiary/aromatic N) is 3. The van der Waals surface area contributed by atoms with Gasteiger partial charge in [-0.2, -0.15) is 0 Å². The highest BCUT2D eigenvalue weighted by atomic mass is 16.5. The Morgan fingerprint density at radius 3 is 2.30 bits per heavy atom. The molecule has 0 saturated carbocycles. The highest BCUT2D eigenvalue weighted by Crippen LogP contribution is 2.31. The van der Waals surface area contributed by atoms with Gasteiger partial charge in [0.1, 0.15) is 17.2 Å². The number of methoxy groups -OCH3 is 2. The molecular formula is C13H15N3O4. The van der Waals surface area contributed by atoms with Crippen LogP contribution in [0.3, 0.4) is 0 Å². The molecule has 0 fully saturated rings. The Kier molecular flexibility index (Phi) is 3.88. The Hall–Kier alpha value is -2.57. The molecule has 0 aliphatic heterocycles. The van der Waals surface area contributed by atoms with Gasteiger partial charge in [-0.1, -0.05) is 5.21 Å². The molecule has 7 heteroatoms. The Balaban J connectivity index is 2.66. The lowest BCUT2D eigenvalue weighted by atomic mass is 10.1. The van der Waals surface area contributed by atoms with E-state index in [0.717, 1.165) is 0 Å². The van der Waals surface area contributed by atoms with Crippen LogP contribution in [0.15, 0.2) is 18.2 Å². The summed E-state index contributed by atoms with van der Waals surface area (Å²) in [5.41, 5.74) is 0.963. The number of carboxylic acids is 1. The van der Waals surface area contributed by atoms with Crippen LogP contribution in [0.2, 0.25) is 0 Å². The predicted octanol–water partition coefficient (Wildman–Crippen LogP) is 1.68. The van der Waals surface area contributed by atoms with Crippen LogP contribution in [0.25, 0.3) is 11.3 Å². The first-order valence-corrected chi connectivity index (χ1v) is 6.01. The van der Waals surface area contributed by atoms with E-state index in [9.17, 15) is 9.90 Å². The number of aromatic nitrogens is 3. The fourth-order valence-corrected chi connectivity index (χ4v) is 1.91. The van der Waals surface area contributed by atoms with Gasteiger partial charge in [-0.25, -0.2) is 9.48 Å². The van der Waals surface area contributed by atoms with E-state index in [1.807, 2.05) is 6.92 Å². The second kappa shape index (κ2) is 5.60. The second-order valence-electron chi connectivity index (χ2n) is 4.01. The van der Waals surface area contributed by atoms with Crippen molar-refractivity contribution in [3.8, 4) is 22.8 Å². The van der Waals surface area contributed by atoms with Crippen molar-refractivity contribution in [1.29, 1.82) is 0 Å². The molecule has 7 nitrogen and oxygen atoms in total. The molecule has 0 bridgehead atoms. The minimum Gasteiger partial charge on any atom is -0.497 e. The van der Waals surface area contributed by atoms with Crippen LogP contribution in [0.4, 0.5) is 0 Å². The molecular weight excluding hydrogens is 262 g/mol. The van der Waals surface area contributed by atoms with Crippen LogP contribution < -0.4 is 9.47 Å². The number of rotatable bonds is 5. The molecule has 2 aromatic rings. The van der Waals surface area contributed by atoms with E-state index in [-0.39, 0.29) is 5.69 Å². The van der Waals surface area contributed by atoms with Crippen molar-refractivity contribution in [2.75, 3.05) is 14.2 Å². The molecule has 0 aliphatic carbocycles. The fourth-order valence-electron chi connectivity index (χ4n) is 1.91. The van der Waals surface area contributed by atoms with Crippen molar-refractivity contribution in [3.05, 3.63) is 23.9 Å². The van der Waals surface area contributed by atoms with Crippen LogP contribution in [-0.4, -0.2) is 40.3 Å². The largest absolute Gasteiger partial charge is 0.497 e. The van der Waals surface area contributed by atoms with Crippen molar-refractivity contribution in [2.24, 2.45) is 0 Å². The average molecular weight is 277 g/mol. The van der Waals surface area contributed by atoms with E-state index in [2.05, 4.69) is 10.3 Å². The van der Waals surface area contributed by atoms with Crippen molar-refractivity contribution in [1.82, 2.24) is 15.0 Å². The highest BCUT2D eigenvalue weighted by Gasteiger charge is 2.21. The first-order chi connectivity index (χ1) is 9.60. The molecule has 0 unspecified atom stereocenters. The normalized spacial score (nSPS) is 10.3. The van der Waals surface area contributed by atoms with Crippen LogP contribution in [0.5, 0.6) is 11.5 Å². The number of aromatic carboxylic acids is 1. The monoisotopic (exact) mass is 277 g/mol. The Bertz CT molecular complexity index is 614. The zero-order valence-electron chi connectivity index (χ0n) is 11.5. The molecule has 106 valence electrons. The third-order valence-electron chi connectivity index (χ3n) is 2.86. The minimum atomic E-state index is -1.12. The quantitative estimate of drug-likeness (QED) is 0.894. The lowest BCUT2D eigenvalue weighted by Crippen LogP contribution is -2.04. The maximum atomic E-state index is 11.3. The van der Waals surface area contributed by atoms with Gasteiger partial charge in [0.15, 0.2) is 5.69 Å². The molecule has 0 spiro atoms. The van der Waals surface area contributed by atoms with Gasteiger partial charge < -0.3 is 14.6 Å². The molecule has 0 atom stereocenters. The molecule has 20 heavy (non-hydrogen) atoms. The van der Waals surface area contributed by atoms with Crippen LogP contribution in [0.1, 0.15) is 17.4 Å². The van der Waals surface area contributed by atoms with E-state index in [1.54, 1.807) is 18.2 Å². The first-order valence-electron chi connectivity index (χ1n) is 6.01.